The number of hydrogen-bond acceptors (Lipinski definition) is 3. The lowest BCUT2D eigenvalue weighted by Gasteiger charge is -2.08. The van der Waals surface area contributed by atoms with E-state index in [2.05, 4.69) is 11.9 Å². The van der Waals surface area contributed by atoms with Crippen LogP contribution >= 0.6 is 11.6 Å². The minimum Gasteiger partial charge on any atom is -0.441 e. The molecule has 4 heteroatoms. The van der Waals surface area contributed by atoms with Gasteiger partial charge in [-0.1, -0.05) is 18.5 Å². The number of fused-ring (bicyclic) bond motifs is 1. The van der Waals surface area contributed by atoms with Crippen LogP contribution in [0.15, 0.2) is 16.5 Å². The standard InChI is InChI=1S/C12H15ClN2O/c1-7(6-14)3-9-4-10(13)5-11-12(9)16-8(2)15-11/h4-5,7H,3,6,14H2,1-2H3. The number of nitrogens with two attached hydrogens (primary N) is 1. The monoisotopic (exact) mass is 238 g/mol. The average Bonchev–Trinajstić information content (AvgIpc) is 2.58. The van der Waals surface area contributed by atoms with Crippen molar-refractivity contribution >= 4 is 22.7 Å². The number of rotatable bonds is 3. The van der Waals surface area contributed by atoms with E-state index in [0.717, 1.165) is 23.1 Å². The van der Waals surface area contributed by atoms with Gasteiger partial charge in [0.05, 0.1) is 0 Å². The summed E-state index contributed by atoms with van der Waals surface area (Å²) in [7, 11) is 0. The molecule has 0 saturated carbocycles. The molecule has 2 aromatic rings. The summed E-state index contributed by atoms with van der Waals surface area (Å²) in [6.45, 7) is 4.60. The van der Waals surface area contributed by atoms with Crippen molar-refractivity contribution in [2.75, 3.05) is 6.54 Å². The number of hydrogen-bond donors (Lipinski definition) is 1. The average molecular weight is 239 g/mol. The molecular weight excluding hydrogens is 224 g/mol. The van der Waals surface area contributed by atoms with Crippen molar-refractivity contribution in [2.24, 2.45) is 11.7 Å². The maximum atomic E-state index is 6.05. The van der Waals surface area contributed by atoms with Gasteiger partial charge in [0.15, 0.2) is 11.5 Å². The Bertz CT molecular complexity index is 507. The van der Waals surface area contributed by atoms with Gasteiger partial charge in [-0.3, -0.25) is 0 Å². The van der Waals surface area contributed by atoms with Gasteiger partial charge in [-0.25, -0.2) is 4.98 Å². The normalized spacial score (nSPS) is 13.2. The Kier molecular flexibility index (Phi) is 3.17. The molecule has 0 aliphatic carbocycles. The molecule has 16 heavy (non-hydrogen) atoms. The molecule has 3 nitrogen and oxygen atoms in total. The fraction of sp³-hybridized carbons (Fsp3) is 0.417. The molecular formula is C12H15ClN2O. The number of nitrogens with zero attached hydrogens (tertiary/aromatic N) is 1. The molecule has 1 unspecified atom stereocenters. The first kappa shape index (κ1) is 11.4. The van der Waals surface area contributed by atoms with E-state index < -0.39 is 0 Å². The fourth-order valence-electron chi connectivity index (χ4n) is 1.79. The topological polar surface area (TPSA) is 52.0 Å². The Labute approximate surface area is 99.6 Å². The van der Waals surface area contributed by atoms with Crippen LogP contribution in [0.3, 0.4) is 0 Å². The molecule has 1 atom stereocenters. The lowest BCUT2D eigenvalue weighted by atomic mass is 10.0. The van der Waals surface area contributed by atoms with Crippen LogP contribution in [0.1, 0.15) is 18.4 Å². The summed E-state index contributed by atoms with van der Waals surface area (Å²) in [4.78, 5) is 4.29. The van der Waals surface area contributed by atoms with E-state index in [1.54, 1.807) is 0 Å². The highest BCUT2D eigenvalue weighted by atomic mass is 35.5. The molecule has 2 rings (SSSR count). The molecule has 1 heterocycles. The van der Waals surface area contributed by atoms with E-state index in [0.29, 0.717) is 23.4 Å². The van der Waals surface area contributed by atoms with Crippen molar-refractivity contribution in [3.05, 3.63) is 28.6 Å². The van der Waals surface area contributed by atoms with Gasteiger partial charge in [0.2, 0.25) is 0 Å². The maximum absolute atomic E-state index is 6.05. The molecule has 0 radical (unpaired) electrons. The molecule has 0 amide bonds. The Morgan fingerprint density at radius 1 is 1.50 bits per heavy atom. The molecule has 0 spiro atoms. The van der Waals surface area contributed by atoms with Gasteiger partial charge in [0.1, 0.15) is 5.52 Å². The summed E-state index contributed by atoms with van der Waals surface area (Å²) < 4.78 is 5.59. The fourth-order valence-corrected chi connectivity index (χ4v) is 2.02. The van der Waals surface area contributed by atoms with Gasteiger partial charge in [-0.15, -0.1) is 0 Å². The largest absolute Gasteiger partial charge is 0.441 e. The Balaban J connectivity index is 2.49. The Morgan fingerprint density at radius 3 is 2.94 bits per heavy atom. The first-order chi connectivity index (χ1) is 7.60. The maximum Gasteiger partial charge on any atom is 0.192 e. The lowest BCUT2D eigenvalue weighted by molar-refractivity contribution is 0.545. The number of oxazole rings is 1. The summed E-state index contributed by atoms with van der Waals surface area (Å²) >= 11 is 6.05. The van der Waals surface area contributed by atoms with E-state index in [1.807, 2.05) is 19.1 Å². The van der Waals surface area contributed by atoms with Crippen LogP contribution < -0.4 is 5.73 Å². The van der Waals surface area contributed by atoms with Crippen molar-refractivity contribution in [2.45, 2.75) is 20.3 Å². The number of aromatic nitrogens is 1. The van der Waals surface area contributed by atoms with E-state index >= 15 is 0 Å². The smallest absolute Gasteiger partial charge is 0.192 e. The summed E-state index contributed by atoms with van der Waals surface area (Å²) in [6, 6.07) is 3.75. The van der Waals surface area contributed by atoms with Gasteiger partial charge < -0.3 is 10.2 Å². The molecule has 1 aromatic heterocycles. The third-order valence-electron chi connectivity index (χ3n) is 2.61. The van der Waals surface area contributed by atoms with Crippen molar-refractivity contribution < 1.29 is 4.42 Å². The zero-order chi connectivity index (χ0) is 11.7. The van der Waals surface area contributed by atoms with Crippen LogP contribution in [0.25, 0.3) is 11.1 Å². The SMILES string of the molecule is Cc1nc2cc(Cl)cc(CC(C)CN)c2o1. The lowest BCUT2D eigenvalue weighted by Crippen LogP contribution is -2.13. The second kappa shape index (κ2) is 4.44. The van der Waals surface area contributed by atoms with Gasteiger partial charge in [-0.2, -0.15) is 0 Å². The van der Waals surface area contributed by atoms with E-state index in [9.17, 15) is 0 Å². The van der Waals surface area contributed by atoms with Crippen molar-refractivity contribution in [3.63, 3.8) is 0 Å². The predicted octanol–water partition coefficient (Wildman–Crippen LogP) is 2.93. The second-order valence-corrected chi connectivity index (χ2v) is 4.63. The third kappa shape index (κ3) is 2.20. The van der Waals surface area contributed by atoms with Crippen LogP contribution in [0, 0.1) is 12.8 Å². The van der Waals surface area contributed by atoms with Crippen LogP contribution in [0.4, 0.5) is 0 Å². The summed E-state index contributed by atoms with van der Waals surface area (Å²) in [5, 5.41) is 0.694. The number of halogens is 1. The summed E-state index contributed by atoms with van der Waals surface area (Å²) in [6.07, 6.45) is 0.863. The van der Waals surface area contributed by atoms with E-state index in [4.69, 9.17) is 21.8 Å². The van der Waals surface area contributed by atoms with Crippen LogP contribution in [0.5, 0.6) is 0 Å². The predicted molar refractivity (Wildman–Crippen MR) is 65.7 cm³/mol. The van der Waals surface area contributed by atoms with Gasteiger partial charge >= 0.3 is 0 Å². The molecule has 0 bridgehead atoms. The highest BCUT2D eigenvalue weighted by Gasteiger charge is 2.12. The highest BCUT2D eigenvalue weighted by molar-refractivity contribution is 6.31. The summed E-state index contributed by atoms with van der Waals surface area (Å²) in [5.41, 5.74) is 8.37. The molecule has 2 N–H and O–H groups in total. The quantitative estimate of drug-likeness (QED) is 0.895. The molecule has 0 aliphatic heterocycles. The van der Waals surface area contributed by atoms with Crippen LogP contribution in [-0.2, 0) is 6.42 Å². The van der Waals surface area contributed by atoms with E-state index in [1.165, 1.54) is 0 Å². The van der Waals surface area contributed by atoms with Gasteiger partial charge in [0.25, 0.3) is 0 Å². The minimum atomic E-state index is 0.409. The number of aryl methyl sites for hydroxylation is 1. The van der Waals surface area contributed by atoms with Gasteiger partial charge in [-0.05, 0) is 36.6 Å². The van der Waals surface area contributed by atoms with Crippen LogP contribution in [-0.4, -0.2) is 11.5 Å². The minimum absolute atomic E-state index is 0.409. The first-order valence-corrected chi connectivity index (χ1v) is 5.73. The Hall–Kier alpha value is -1.06. The molecule has 1 aromatic carbocycles. The zero-order valence-corrected chi connectivity index (χ0v) is 10.2. The van der Waals surface area contributed by atoms with Crippen molar-refractivity contribution in [1.29, 1.82) is 0 Å². The number of benzene rings is 1. The zero-order valence-electron chi connectivity index (χ0n) is 9.46. The van der Waals surface area contributed by atoms with Crippen molar-refractivity contribution in [3.8, 4) is 0 Å². The highest BCUT2D eigenvalue weighted by Crippen LogP contribution is 2.26. The van der Waals surface area contributed by atoms with Crippen molar-refractivity contribution in [1.82, 2.24) is 4.98 Å². The molecule has 0 aliphatic rings. The molecule has 86 valence electrons. The summed E-state index contributed by atoms with van der Waals surface area (Å²) in [5.74, 6) is 1.07. The van der Waals surface area contributed by atoms with Crippen LogP contribution in [0.2, 0.25) is 5.02 Å². The van der Waals surface area contributed by atoms with E-state index in [-0.39, 0.29) is 0 Å². The van der Waals surface area contributed by atoms with Gasteiger partial charge in [0, 0.05) is 11.9 Å². The molecule has 0 saturated heterocycles. The first-order valence-electron chi connectivity index (χ1n) is 5.35. The third-order valence-corrected chi connectivity index (χ3v) is 2.83. The molecule has 0 fully saturated rings. The second-order valence-electron chi connectivity index (χ2n) is 4.19. The Morgan fingerprint density at radius 2 is 2.25 bits per heavy atom.